The van der Waals surface area contributed by atoms with E-state index in [1.54, 1.807) is 0 Å². The maximum absolute atomic E-state index is 12.2. The smallest absolute Gasteiger partial charge is 0.231 e. The molecule has 1 atom stereocenters. The van der Waals surface area contributed by atoms with Gasteiger partial charge in [0.15, 0.2) is 0 Å². The molecule has 0 aromatic carbocycles. The maximum Gasteiger partial charge on any atom is 0.231 e. The Morgan fingerprint density at radius 1 is 1.32 bits per heavy atom. The fraction of sp³-hybridized carbons (Fsp3) is 0.727. The number of piperidine rings is 1. The minimum absolute atomic E-state index is 0. The Hall–Kier alpha value is -0.970. The maximum atomic E-state index is 12.2. The number of hydrogen-bond acceptors (Lipinski definition) is 7. The molecule has 2 heterocycles. The van der Waals surface area contributed by atoms with Crippen LogP contribution < -0.4 is 15.4 Å². The van der Waals surface area contributed by atoms with Gasteiger partial charge in [-0.2, -0.15) is 0 Å². The van der Waals surface area contributed by atoms with Crippen LogP contribution in [0.25, 0.3) is 0 Å². The third kappa shape index (κ3) is 3.86. The summed E-state index contributed by atoms with van der Waals surface area (Å²) >= 11 is 1.01. The predicted octanol–water partition coefficient (Wildman–Crippen LogP) is 0.660. The largest absolute Gasteiger partial charge is 0.317 e. The van der Waals surface area contributed by atoms with E-state index in [2.05, 4.69) is 25.6 Å². The molecule has 1 saturated carbocycles. The van der Waals surface area contributed by atoms with Gasteiger partial charge in [-0.1, -0.05) is 11.3 Å². The minimum atomic E-state index is -3.38. The number of nitrogens with zero attached hydrogens (tertiary/aromatic N) is 2. The van der Waals surface area contributed by atoms with Crippen LogP contribution in [0.1, 0.15) is 19.3 Å². The normalized spacial score (nSPS) is 22.7. The van der Waals surface area contributed by atoms with Crippen LogP contribution in [-0.4, -0.2) is 43.9 Å². The lowest BCUT2D eigenvalue weighted by molar-refractivity contribution is -0.118. The van der Waals surface area contributed by atoms with E-state index in [-0.39, 0.29) is 34.8 Å². The van der Waals surface area contributed by atoms with Crippen molar-refractivity contribution < 1.29 is 13.2 Å². The number of aromatic nitrogens is 2. The van der Waals surface area contributed by atoms with Gasteiger partial charge >= 0.3 is 0 Å². The first kappa shape index (κ1) is 17.4. The molecule has 1 spiro atoms. The van der Waals surface area contributed by atoms with Crippen molar-refractivity contribution >= 4 is 49.9 Å². The molecule has 3 N–H and O–H groups in total. The summed E-state index contributed by atoms with van der Waals surface area (Å²) < 4.78 is 24.4. The van der Waals surface area contributed by atoms with Gasteiger partial charge in [0.25, 0.3) is 0 Å². The lowest BCUT2D eigenvalue weighted by Crippen LogP contribution is -2.31. The van der Waals surface area contributed by atoms with Crippen molar-refractivity contribution in [1.29, 1.82) is 0 Å². The zero-order valence-electron chi connectivity index (χ0n) is 12.0. The second-order valence-electron chi connectivity index (χ2n) is 5.64. The first-order valence-electron chi connectivity index (χ1n) is 6.71. The highest BCUT2D eigenvalue weighted by molar-refractivity contribution is 7.92. The summed E-state index contributed by atoms with van der Waals surface area (Å²) in [6.07, 6.45) is 4.02. The van der Waals surface area contributed by atoms with Gasteiger partial charge in [-0.15, -0.1) is 22.6 Å². The molecular formula is C11H18ClN5O3S2. The van der Waals surface area contributed by atoms with E-state index in [0.717, 1.165) is 49.9 Å². The van der Waals surface area contributed by atoms with E-state index in [1.807, 2.05) is 0 Å². The summed E-state index contributed by atoms with van der Waals surface area (Å²) in [6.45, 7) is 1.93. The standard InChI is InChI=1S/C11H17N5O3S2.ClH/c1-21(18,19)16-10-15-14-9(20-10)13-8(17)7-6-11(7)2-4-12-5-3-11;/h7,12H,2-6H2,1H3,(H,15,16)(H,13,14,17);1H. The van der Waals surface area contributed by atoms with Crippen LogP contribution in [0.15, 0.2) is 0 Å². The van der Waals surface area contributed by atoms with Crippen molar-refractivity contribution in [3.05, 3.63) is 0 Å². The zero-order valence-corrected chi connectivity index (χ0v) is 14.4. The Morgan fingerprint density at radius 3 is 2.59 bits per heavy atom. The van der Waals surface area contributed by atoms with Crippen molar-refractivity contribution in [2.45, 2.75) is 19.3 Å². The van der Waals surface area contributed by atoms with Crippen molar-refractivity contribution in [2.75, 3.05) is 29.4 Å². The lowest BCUT2D eigenvalue weighted by Gasteiger charge is -2.22. The van der Waals surface area contributed by atoms with Gasteiger partial charge < -0.3 is 10.6 Å². The fourth-order valence-electron chi connectivity index (χ4n) is 2.86. The molecule has 1 aliphatic heterocycles. The number of carbonyl (C=O) groups is 1. The number of sulfonamides is 1. The molecule has 2 aliphatic rings. The average molecular weight is 368 g/mol. The molecule has 8 nitrogen and oxygen atoms in total. The Balaban J connectivity index is 0.00000176. The second kappa shape index (κ2) is 6.26. The van der Waals surface area contributed by atoms with Gasteiger partial charge in [0, 0.05) is 5.92 Å². The zero-order chi connectivity index (χ0) is 15.1. The number of hydrogen-bond donors (Lipinski definition) is 3. The molecule has 11 heteroatoms. The monoisotopic (exact) mass is 367 g/mol. The molecule has 1 unspecified atom stereocenters. The number of amides is 1. The van der Waals surface area contributed by atoms with Crippen LogP contribution in [-0.2, 0) is 14.8 Å². The molecule has 124 valence electrons. The number of nitrogens with one attached hydrogen (secondary N) is 3. The van der Waals surface area contributed by atoms with Crippen LogP contribution in [0.4, 0.5) is 10.3 Å². The Morgan fingerprint density at radius 2 is 1.95 bits per heavy atom. The van der Waals surface area contributed by atoms with Crippen molar-refractivity contribution in [3.8, 4) is 0 Å². The first-order valence-corrected chi connectivity index (χ1v) is 9.42. The quantitative estimate of drug-likeness (QED) is 0.720. The highest BCUT2D eigenvalue weighted by Gasteiger charge is 2.57. The molecule has 0 bridgehead atoms. The number of rotatable bonds is 4. The van der Waals surface area contributed by atoms with Crippen molar-refractivity contribution in [2.24, 2.45) is 11.3 Å². The van der Waals surface area contributed by atoms with Crippen LogP contribution in [0.2, 0.25) is 0 Å². The molecule has 3 rings (SSSR count). The van der Waals surface area contributed by atoms with Gasteiger partial charge in [-0.05, 0) is 37.8 Å². The second-order valence-corrected chi connectivity index (χ2v) is 8.37. The van der Waals surface area contributed by atoms with E-state index < -0.39 is 10.0 Å². The van der Waals surface area contributed by atoms with Crippen LogP contribution in [0.3, 0.4) is 0 Å². The van der Waals surface area contributed by atoms with Crippen molar-refractivity contribution in [3.63, 3.8) is 0 Å². The first-order chi connectivity index (χ1) is 9.88. The highest BCUT2D eigenvalue weighted by atomic mass is 35.5. The summed E-state index contributed by atoms with van der Waals surface area (Å²) in [4.78, 5) is 12.2. The summed E-state index contributed by atoms with van der Waals surface area (Å²) in [5.41, 5.74) is 0.161. The highest BCUT2D eigenvalue weighted by Crippen LogP contribution is 2.58. The minimum Gasteiger partial charge on any atom is -0.317 e. The van der Waals surface area contributed by atoms with Crippen LogP contribution >= 0.6 is 23.7 Å². The third-order valence-electron chi connectivity index (χ3n) is 4.03. The molecule has 1 amide bonds. The predicted molar refractivity (Wildman–Crippen MR) is 86.9 cm³/mol. The summed E-state index contributed by atoms with van der Waals surface area (Å²) in [7, 11) is -3.38. The van der Waals surface area contributed by atoms with Gasteiger partial charge in [0.05, 0.1) is 6.26 Å². The molecule has 1 aromatic rings. The number of carbonyl (C=O) groups excluding carboxylic acids is 1. The average Bonchev–Trinajstić information content (AvgIpc) is 2.90. The summed E-state index contributed by atoms with van der Waals surface area (Å²) in [6, 6.07) is 0. The SMILES string of the molecule is CS(=O)(=O)Nc1nnc(NC(=O)C2CC23CCNCC3)s1.Cl. The third-order valence-corrected chi connectivity index (χ3v) is 5.48. The van der Waals surface area contributed by atoms with E-state index >= 15 is 0 Å². The van der Waals surface area contributed by atoms with Gasteiger partial charge in [0.1, 0.15) is 0 Å². The molecule has 1 aromatic heterocycles. The van der Waals surface area contributed by atoms with E-state index in [4.69, 9.17) is 0 Å². The van der Waals surface area contributed by atoms with E-state index in [9.17, 15) is 13.2 Å². The Kier molecular flexibility index (Phi) is 4.95. The molecule has 1 aliphatic carbocycles. The Bertz CT molecular complexity index is 656. The van der Waals surface area contributed by atoms with Gasteiger partial charge in [-0.25, -0.2) is 8.42 Å². The van der Waals surface area contributed by atoms with Crippen molar-refractivity contribution in [1.82, 2.24) is 15.5 Å². The van der Waals surface area contributed by atoms with Gasteiger partial charge in [-0.3, -0.25) is 9.52 Å². The summed E-state index contributed by atoms with van der Waals surface area (Å²) in [5, 5.41) is 14.0. The van der Waals surface area contributed by atoms with Crippen LogP contribution in [0.5, 0.6) is 0 Å². The number of anilines is 2. The molecule has 0 radical (unpaired) electrons. The molecular weight excluding hydrogens is 350 g/mol. The molecule has 1 saturated heterocycles. The topological polar surface area (TPSA) is 113 Å². The fourth-order valence-corrected chi connectivity index (χ4v) is 4.34. The molecule has 2 fully saturated rings. The van der Waals surface area contributed by atoms with Crippen LogP contribution in [0, 0.1) is 11.3 Å². The summed E-state index contributed by atoms with van der Waals surface area (Å²) in [5.74, 6) is -0.00577. The lowest BCUT2D eigenvalue weighted by atomic mass is 9.92. The Labute approximate surface area is 138 Å². The van der Waals surface area contributed by atoms with Gasteiger partial charge in [0.2, 0.25) is 26.2 Å². The number of halogens is 1. The molecule has 22 heavy (non-hydrogen) atoms. The van der Waals surface area contributed by atoms with E-state index in [0.29, 0.717) is 5.13 Å². The van der Waals surface area contributed by atoms with E-state index in [1.165, 1.54) is 0 Å².